The molecule has 0 unspecified atom stereocenters. The van der Waals surface area contributed by atoms with Crippen molar-refractivity contribution in [2.45, 2.75) is 11.3 Å². The van der Waals surface area contributed by atoms with E-state index in [1.807, 2.05) is 60.7 Å². The highest BCUT2D eigenvalue weighted by Crippen LogP contribution is 2.20. The number of rotatable bonds is 8. The van der Waals surface area contributed by atoms with Gasteiger partial charge in [0.15, 0.2) is 5.82 Å². The molecule has 11 nitrogen and oxygen atoms in total. The summed E-state index contributed by atoms with van der Waals surface area (Å²) in [4.78, 5) is 32.8. The number of amides is 2. The summed E-state index contributed by atoms with van der Waals surface area (Å²) in [5, 5.41) is 4.31. The quantitative estimate of drug-likeness (QED) is 0.316. The fourth-order valence-electron chi connectivity index (χ4n) is 3.06. The fraction of sp³-hybridized carbons (Fsp3) is 0.0870. The zero-order valence-corrected chi connectivity index (χ0v) is 19.1. The predicted octanol–water partition coefficient (Wildman–Crippen LogP) is 1.46. The van der Waals surface area contributed by atoms with Crippen molar-refractivity contribution in [2.24, 2.45) is 0 Å². The molecule has 0 atom stereocenters. The maximum Gasteiger partial charge on any atom is 0.309 e. The van der Waals surface area contributed by atoms with Gasteiger partial charge in [-0.1, -0.05) is 48.5 Å². The number of hydrogen-bond acceptors (Lipinski definition) is 7. The Kier molecular flexibility index (Phi) is 7.24. The summed E-state index contributed by atoms with van der Waals surface area (Å²) < 4.78 is 28.2. The van der Waals surface area contributed by atoms with Gasteiger partial charge in [0.1, 0.15) is 4.90 Å². The molecule has 2 heterocycles. The molecule has 0 saturated carbocycles. The van der Waals surface area contributed by atoms with Gasteiger partial charge >= 0.3 is 5.91 Å². The number of nitrogens with zero attached hydrogens (tertiary/aromatic N) is 4. The maximum atomic E-state index is 12.6. The Morgan fingerprint density at radius 3 is 2.29 bits per heavy atom. The molecule has 4 rings (SSSR count). The molecule has 2 aromatic carbocycles. The first-order chi connectivity index (χ1) is 16.9. The van der Waals surface area contributed by atoms with E-state index in [1.165, 1.54) is 24.5 Å². The summed E-state index contributed by atoms with van der Waals surface area (Å²) in [5.74, 6) is -1.01. The largest absolute Gasteiger partial charge is 0.309 e. The zero-order valence-electron chi connectivity index (χ0n) is 18.3. The van der Waals surface area contributed by atoms with Crippen molar-refractivity contribution in [3.8, 4) is 17.1 Å². The second-order valence-electron chi connectivity index (χ2n) is 7.21. The molecule has 0 bridgehead atoms. The van der Waals surface area contributed by atoms with Gasteiger partial charge in [-0.2, -0.15) is 0 Å². The normalized spacial score (nSPS) is 11.1. The van der Waals surface area contributed by atoms with Crippen LogP contribution in [0.25, 0.3) is 17.1 Å². The summed E-state index contributed by atoms with van der Waals surface area (Å²) in [7, 11) is -3.79. The molecular formula is C23H21N7O4S. The van der Waals surface area contributed by atoms with Crippen molar-refractivity contribution in [3.63, 3.8) is 0 Å². The van der Waals surface area contributed by atoms with Crippen molar-refractivity contribution < 1.29 is 18.0 Å². The van der Waals surface area contributed by atoms with E-state index in [9.17, 15) is 18.0 Å². The Morgan fingerprint density at radius 1 is 0.886 bits per heavy atom. The topological polar surface area (TPSA) is 148 Å². The molecule has 35 heavy (non-hydrogen) atoms. The van der Waals surface area contributed by atoms with Crippen LogP contribution in [0, 0.1) is 0 Å². The smallest absolute Gasteiger partial charge is 0.273 e. The SMILES string of the molecule is O=C(CCNS(=O)(=O)c1cccnc1)NNC(=O)c1nc(-c2ccccc2)n(-c2ccccc2)n1. The van der Waals surface area contributed by atoms with Crippen LogP contribution < -0.4 is 15.6 Å². The summed E-state index contributed by atoms with van der Waals surface area (Å²) in [6.07, 6.45) is 2.45. The van der Waals surface area contributed by atoms with E-state index in [2.05, 4.69) is 30.6 Å². The molecular weight excluding hydrogens is 470 g/mol. The lowest BCUT2D eigenvalue weighted by Crippen LogP contribution is -2.43. The van der Waals surface area contributed by atoms with Gasteiger partial charge in [0.05, 0.1) is 5.69 Å². The third-order valence-corrected chi connectivity index (χ3v) is 6.19. The predicted molar refractivity (Wildman–Crippen MR) is 126 cm³/mol. The molecule has 0 aliphatic carbocycles. The number of aromatic nitrogens is 4. The van der Waals surface area contributed by atoms with E-state index in [-0.39, 0.29) is 23.7 Å². The van der Waals surface area contributed by atoms with E-state index in [4.69, 9.17) is 0 Å². The molecule has 0 fully saturated rings. The second kappa shape index (κ2) is 10.7. The first-order valence-corrected chi connectivity index (χ1v) is 12.0. The van der Waals surface area contributed by atoms with Crippen molar-refractivity contribution in [2.75, 3.05) is 6.54 Å². The lowest BCUT2D eigenvalue weighted by Gasteiger charge is -2.07. The number of para-hydroxylation sites is 1. The van der Waals surface area contributed by atoms with Gasteiger partial charge < -0.3 is 0 Å². The molecule has 4 aromatic rings. The third kappa shape index (κ3) is 5.93. The molecule has 12 heteroatoms. The Morgan fingerprint density at radius 2 is 1.60 bits per heavy atom. The van der Waals surface area contributed by atoms with Crippen molar-refractivity contribution in [1.82, 2.24) is 35.3 Å². The lowest BCUT2D eigenvalue weighted by molar-refractivity contribution is -0.121. The van der Waals surface area contributed by atoms with E-state index in [1.54, 1.807) is 4.68 Å². The number of sulfonamides is 1. The Hall–Kier alpha value is -4.42. The minimum atomic E-state index is -3.79. The number of pyridine rings is 1. The average Bonchev–Trinajstić information content (AvgIpc) is 3.34. The van der Waals surface area contributed by atoms with Crippen LogP contribution in [0.4, 0.5) is 0 Å². The Labute approximate surface area is 201 Å². The molecule has 178 valence electrons. The van der Waals surface area contributed by atoms with Crippen LogP contribution in [0.5, 0.6) is 0 Å². The maximum absolute atomic E-state index is 12.6. The number of carbonyl (C=O) groups is 2. The highest BCUT2D eigenvalue weighted by Gasteiger charge is 2.19. The van der Waals surface area contributed by atoms with Crippen LogP contribution in [0.3, 0.4) is 0 Å². The van der Waals surface area contributed by atoms with Gasteiger partial charge in [0.25, 0.3) is 0 Å². The molecule has 2 aromatic heterocycles. The molecule has 0 aliphatic heterocycles. The minimum absolute atomic E-state index is 0.0111. The van der Waals surface area contributed by atoms with Crippen molar-refractivity contribution in [3.05, 3.63) is 91.0 Å². The van der Waals surface area contributed by atoms with E-state index < -0.39 is 21.8 Å². The third-order valence-electron chi connectivity index (χ3n) is 4.75. The van der Waals surface area contributed by atoms with Gasteiger partial charge in [-0.3, -0.25) is 25.4 Å². The van der Waals surface area contributed by atoms with Crippen LogP contribution in [-0.2, 0) is 14.8 Å². The minimum Gasteiger partial charge on any atom is -0.273 e. The van der Waals surface area contributed by atoms with E-state index in [0.717, 1.165) is 5.56 Å². The summed E-state index contributed by atoms with van der Waals surface area (Å²) >= 11 is 0. The first-order valence-electron chi connectivity index (χ1n) is 10.5. The monoisotopic (exact) mass is 491 g/mol. The number of nitrogens with one attached hydrogen (secondary N) is 3. The molecule has 3 N–H and O–H groups in total. The highest BCUT2D eigenvalue weighted by molar-refractivity contribution is 7.89. The summed E-state index contributed by atoms with van der Waals surface area (Å²) in [6, 6.07) is 21.4. The van der Waals surface area contributed by atoms with Gasteiger partial charge in [-0.15, -0.1) is 5.10 Å². The molecule has 0 aliphatic rings. The molecule has 0 spiro atoms. The number of hydrazine groups is 1. The molecule has 0 radical (unpaired) electrons. The van der Waals surface area contributed by atoms with Gasteiger partial charge in [0, 0.05) is 30.9 Å². The van der Waals surface area contributed by atoms with Crippen molar-refractivity contribution >= 4 is 21.8 Å². The summed E-state index contributed by atoms with van der Waals surface area (Å²) in [6.45, 7) is -0.169. The second-order valence-corrected chi connectivity index (χ2v) is 8.98. The highest BCUT2D eigenvalue weighted by atomic mass is 32.2. The molecule has 0 saturated heterocycles. The zero-order chi connectivity index (χ0) is 24.7. The number of carbonyl (C=O) groups excluding carboxylic acids is 2. The van der Waals surface area contributed by atoms with Crippen molar-refractivity contribution in [1.29, 1.82) is 0 Å². The van der Waals surface area contributed by atoms with Crippen LogP contribution >= 0.6 is 0 Å². The first kappa shape index (κ1) is 23.7. The van der Waals surface area contributed by atoms with Gasteiger partial charge in [-0.05, 0) is 24.3 Å². The fourth-order valence-corrected chi connectivity index (χ4v) is 4.06. The number of benzene rings is 2. The Bertz CT molecular complexity index is 1350. The Balaban J connectivity index is 1.38. The molecule has 2 amide bonds. The standard InChI is InChI=1S/C23H21N7O4S/c31-20(13-15-25-35(33,34)19-12-7-14-24-16-19)27-28-23(32)21-26-22(17-8-3-1-4-9-17)30(29-21)18-10-5-2-6-11-18/h1-12,14,16,25H,13,15H2,(H,27,31)(H,28,32). The van der Waals surface area contributed by atoms with Crippen LogP contribution in [0.1, 0.15) is 17.0 Å². The van der Waals surface area contributed by atoms with Crippen LogP contribution in [-0.4, -0.2) is 46.5 Å². The van der Waals surface area contributed by atoms with Crippen LogP contribution in [0.2, 0.25) is 0 Å². The summed E-state index contributed by atoms with van der Waals surface area (Å²) in [5.41, 5.74) is 5.97. The van der Waals surface area contributed by atoms with Gasteiger partial charge in [0.2, 0.25) is 21.8 Å². The van der Waals surface area contributed by atoms with E-state index in [0.29, 0.717) is 11.5 Å². The number of hydrogen-bond donors (Lipinski definition) is 3. The van der Waals surface area contributed by atoms with Gasteiger partial charge in [-0.25, -0.2) is 22.8 Å². The van der Waals surface area contributed by atoms with Crippen LogP contribution in [0.15, 0.2) is 90.1 Å². The average molecular weight is 492 g/mol. The lowest BCUT2D eigenvalue weighted by atomic mass is 10.2. The van der Waals surface area contributed by atoms with E-state index >= 15 is 0 Å².